The number of nitrogens with zero attached hydrogens (tertiary/aromatic N) is 2. The molecule has 4 aliphatic rings. The zero-order valence-corrected chi connectivity index (χ0v) is 23.0. The lowest BCUT2D eigenvalue weighted by Gasteiger charge is -2.35. The van der Waals surface area contributed by atoms with Gasteiger partial charge in [-0.05, 0) is 38.8 Å². The molecule has 6 rings (SSSR count). The Hall–Kier alpha value is -3.39. The molecule has 2 aromatic rings. The smallest absolute Gasteiger partial charge is 0.411 e. The second-order valence-corrected chi connectivity index (χ2v) is 11.6. The summed E-state index contributed by atoms with van der Waals surface area (Å²) in [6.45, 7) is 14.1. The largest absolute Gasteiger partial charge is 0.494 e. The third-order valence-corrected chi connectivity index (χ3v) is 8.31. The fourth-order valence-corrected chi connectivity index (χ4v) is 6.81. The van der Waals surface area contributed by atoms with Crippen molar-refractivity contribution in [3.63, 3.8) is 0 Å². The Morgan fingerprint density at radius 1 is 1.13 bits per heavy atom. The van der Waals surface area contributed by atoms with Crippen LogP contribution in [0.15, 0.2) is 42.5 Å². The van der Waals surface area contributed by atoms with Gasteiger partial charge in [-0.15, -0.1) is 0 Å². The highest BCUT2D eigenvalue weighted by molar-refractivity contribution is 5.86. The minimum Gasteiger partial charge on any atom is -0.494 e. The molecule has 8 nitrogen and oxygen atoms in total. The van der Waals surface area contributed by atoms with E-state index in [1.165, 1.54) is 0 Å². The van der Waals surface area contributed by atoms with E-state index in [0.29, 0.717) is 37.9 Å². The summed E-state index contributed by atoms with van der Waals surface area (Å²) in [5.74, 6) is 2.09. The van der Waals surface area contributed by atoms with E-state index in [4.69, 9.17) is 23.7 Å². The van der Waals surface area contributed by atoms with E-state index in [2.05, 4.69) is 11.5 Å². The number of anilines is 1. The van der Waals surface area contributed by atoms with Crippen LogP contribution in [0.25, 0.3) is 0 Å². The van der Waals surface area contributed by atoms with Crippen molar-refractivity contribution in [3.8, 4) is 17.2 Å². The Bertz CT molecular complexity index is 1300. The van der Waals surface area contributed by atoms with Gasteiger partial charge in [0.25, 0.3) is 0 Å². The van der Waals surface area contributed by atoms with Gasteiger partial charge in [0.1, 0.15) is 18.0 Å². The fraction of sp³-hybridized carbons (Fsp3) is 0.500. The SMILES string of the molecule is C=C1COC[C@@]12c1c(OCc3ccccc3)c(OC)c(C)c(OC)c1N1C[C@H]3[C@@H]([C@@H]12)N3C(=O)OC(C)(C)C. The second kappa shape index (κ2) is 8.56. The lowest BCUT2D eigenvalue weighted by atomic mass is 9.71. The molecule has 202 valence electrons. The van der Waals surface area contributed by atoms with Crippen LogP contribution < -0.4 is 19.1 Å². The molecule has 4 heterocycles. The summed E-state index contributed by atoms with van der Waals surface area (Å²) in [4.78, 5) is 17.4. The van der Waals surface area contributed by atoms with Crippen molar-refractivity contribution in [1.29, 1.82) is 0 Å². The van der Waals surface area contributed by atoms with Gasteiger partial charge in [0.05, 0.1) is 56.7 Å². The summed E-state index contributed by atoms with van der Waals surface area (Å²) in [6.07, 6.45) is -0.274. The molecule has 1 amide bonds. The van der Waals surface area contributed by atoms with Gasteiger partial charge in [-0.25, -0.2) is 4.79 Å². The maximum absolute atomic E-state index is 13.1. The van der Waals surface area contributed by atoms with Crippen molar-refractivity contribution in [3.05, 3.63) is 59.2 Å². The first-order chi connectivity index (χ1) is 18.1. The molecule has 8 heteroatoms. The van der Waals surface area contributed by atoms with E-state index in [-0.39, 0.29) is 24.2 Å². The lowest BCUT2D eigenvalue weighted by molar-refractivity contribution is 0.0375. The molecule has 0 saturated carbocycles. The number of piperazine rings is 1. The summed E-state index contributed by atoms with van der Waals surface area (Å²) < 4.78 is 30.5. The molecule has 0 radical (unpaired) electrons. The molecule has 3 fully saturated rings. The molecular weight excluding hydrogens is 484 g/mol. The van der Waals surface area contributed by atoms with Gasteiger partial charge >= 0.3 is 6.09 Å². The van der Waals surface area contributed by atoms with Crippen LogP contribution in [-0.4, -0.2) is 68.7 Å². The van der Waals surface area contributed by atoms with Gasteiger partial charge < -0.3 is 28.6 Å². The number of fused-ring (bicyclic) bond motifs is 7. The van der Waals surface area contributed by atoms with Gasteiger partial charge in [-0.1, -0.05) is 36.9 Å². The number of amides is 1. The number of carbonyl (C=O) groups excluding carboxylic acids is 1. The highest BCUT2D eigenvalue weighted by Crippen LogP contribution is 2.66. The number of methoxy groups -OCH3 is 2. The van der Waals surface area contributed by atoms with Gasteiger partial charge in [-0.3, -0.25) is 4.90 Å². The van der Waals surface area contributed by atoms with Crippen molar-refractivity contribution in [2.45, 2.75) is 63.4 Å². The van der Waals surface area contributed by atoms with Crippen LogP contribution in [0.4, 0.5) is 10.5 Å². The standard InChI is InChI=1S/C30H36N2O6/c1-17-14-36-16-30(17)21-23(31-13-20-22(27(30)31)32(20)28(33)38-29(3,4)5)24(34-6)18(2)25(35-7)26(21)37-15-19-11-9-8-10-12-19/h8-12,20,22,27H,1,13-16H2,2-7H3/t20-,22-,27+,30-,32?/m0/s1. The average Bonchev–Trinajstić information content (AvgIpc) is 3.10. The summed E-state index contributed by atoms with van der Waals surface area (Å²) in [5, 5.41) is 0. The van der Waals surface area contributed by atoms with Crippen LogP contribution in [0.3, 0.4) is 0 Å². The number of benzene rings is 2. The molecule has 0 aliphatic carbocycles. The van der Waals surface area contributed by atoms with E-state index >= 15 is 0 Å². The molecule has 38 heavy (non-hydrogen) atoms. The lowest BCUT2D eigenvalue weighted by Crippen LogP contribution is -2.50. The predicted octanol–water partition coefficient (Wildman–Crippen LogP) is 4.61. The maximum Gasteiger partial charge on any atom is 0.411 e. The number of hydrogen-bond acceptors (Lipinski definition) is 7. The van der Waals surface area contributed by atoms with Crippen molar-refractivity contribution in [2.75, 3.05) is 38.9 Å². The van der Waals surface area contributed by atoms with Crippen molar-refractivity contribution in [1.82, 2.24) is 4.90 Å². The molecule has 0 bridgehead atoms. The zero-order chi connectivity index (χ0) is 27.0. The molecule has 3 saturated heterocycles. The van der Waals surface area contributed by atoms with Crippen LogP contribution in [0.5, 0.6) is 17.2 Å². The molecule has 4 atom stereocenters. The molecule has 1 spiro atoms. The van der Waals surface area contributed by atoms with Gasteiger partial charge in [0.15, 0.2) is 11.5 Å². The summed E-state index contributed by atoms with van der Waals surface area (Å²) >= 11 is 0. The third-order valence-electron chi connectivity index (χ3n) is 8.31. The second-order valence-electron chi connectivity index (χ2n) is 11.6. The maximum atomic E-state index is 13.1. The molecule has 0 aromatic heterocycles. The zero-order valence-electron chi connectivity index (χ0n) is 23.0. The van der Waals surface area contributed by atoms with Crippen molar-refractivity contribution in [2.24, 2.45) is 0 Å². The Kier molecular flexibility index (Phi) is 5.61. The van der Waals surface area contributed by atoms with E-state index in [1.54, 1.807) is 14.2 Å². The summed E-state index contributed by atoms with van der Waals surface area (Å²) in [6, 6.07) is 10.1. The Labute approximate surface area is 224 Å². The van der Waals surface area contributed by atoms with Crippen molar-refractivity contribution < 1.29 is 28.5 Å². The molecule has 4 aliphatic heterocycles. The number of rotatable bonds is 5. The summed E-state index contributed by atoms with van der Waals surface area (Å²) in [7, 11) is 3.35. The quantitative estimate of drug-likeness (QED) is 0.421. The number of ether oxygens (including phenoxy) is 5. The first kappa shape index (κ1) is 24.9. The molecule has 2 aromatic carbocycles. The molecule has 0 unspecified atom stereocenters. The predicted molar refractivity (Wildman–Crippen MR) is 143 cm³/mol. The monoisotopic (exact) mass is 520 g/mol. The van der Waals surface area contributed by atoms with E-state index in [1.807, 2.05) is 62.9 Å². The van der Waals surface area contributed by atoms with Gasteiger partial charge in [-0.2, -0.15) is 0 Å². The van der Waals surface area contributed by atoms with Crippen LogP contribution >= 0.6 is 0 Å². The first-order valence-corrected chi connectivity index (χ1v) is 13.1. The topological polar surface area (TPSA) is 69.5 Å². The Balaban J connectivity index is 1.49. The van der Waals surface area contributed by atoms with E-state index in [9.17, 15) is 4.79 Å². The third kappa shape index (κ3) is 3.42. The van der Waals surface area contributed by atoms with Crippen molar-refractivity contribution >= 4 is 11.8 Å². The first-order valence-electron chi connectivity index (χ1n) is 13.1. The van der Waals surface area contributed by atoms with E-state index in [0.717, 1.165) is 33.7 Å². The molecule has 0 N–H and O–H groups in total. The average molecular weight is 521 g/mol. The molecular formula is C30H36N2O6. The van der Waals surface area contributed by atoms with Gasteiger partial charge in [0, 0.05) is 17.7 Å². The van der Waals surface area contributed by atoms with Crippen LogP contribution in [0.2, 0.25) is 0 Å². The van der Waals surface area contributed by atoms with Gasteiger partial charge in [0.2, 0.25) is 0 Å². The summed E-state index contributed by atoms with van der Waals surface area (Å²) in [5.41, 5.74) is 3.74. The Morgan fingerprint density at radius 3 is 2.45 bits per heavy atom. The van der Waals surface area contributed by atoms with Crippen LogP contribution in [-0.2, 0) is 21.5 Å². The van der Waals surface area contributed by atoms with Crippen LogP contribution in [0.1, 0.15) is 37.5 Å². The highest BCUT2D eigenvalue weighted by Gasteiger charge is 2.74. The van der Waals surface area contributed by atoms with Crippen LogP contribution in [0, 0.1) is 6.92 Å². The fourth-order valence-electron chi connectivity index (χ4n) is 6.81. The number of hydrogen-bond donors (Lipinski definition) is 0. The Morgan fingerprint density at radius 2 is 1.84 bits per heavy atom. The van der Waals surface area contributed by atoms with E-state index < -0.39 is 11.0 Å². The minimum atomic E-state index is -0.578. The number of carbonyl (C=O) groups is 1. The normalized spacial score (nSPS) is 26.8. The minimum absolute atomic E-state index is 0.0197. The highest BCUT2D eigenvalue weighted by atomic mass is 16.6.